The Morgan fingerprint density at radius 2 is 2.22 bits per heavy atom. The van der Waals surface area contributed by atoms with Crippen molar-refractivity contribution in [3.63, 3.8) is 0 Å². The Balaban J connectivity index is 1.94. The van der Waals surface area contributed by atoms with Crippen molar-refractivity contribution < 1.29 is 0 Å². The predicted molar refractivity (Wildman–Crippen MR) is 78.1 cm³/mol. The maximum absolute atomic E-state index is 5.94. The fraction of sp³-hybridized carbons (Fsp3) is 0.231. The number of hydrogen-bond donors (Lipinski definition) is 1. The van der Waals surface area contributed by atoms with Crippen LogP contribution < -0.4 is 5.32 Å². The number of aromatic nitrogens is 2. The summed E-state index contributed by atoms with van der Waals surface area (Å²) in [6.45, 7) is 2.67. The molecular formula is C13H13BrClN3. The first-order valence-corrected chi connectivity index (χ1v) is 6.80. The molecule has 0 aliphatic carbocycles. The van der Waals surface area contributed by atoms with Crippen LogP contribution in [0.25, 0.3) is 0 Å². The van der Waals surface area contributed by atoms with Crippen molar-refractivity contribution in [1.82, 2.24) is 9.97 Å². The molecule has 1 heterocycles. The van der Waals surface area contributed by atoms with Crippen LogP contribution in [0.2, 0.25) is 5.02 Å². The molecular weight excluding hydrogens is 314 g/mol. The smallest absolute Gasteiger partial charge is 0.144 e. The van der Waals surface area contributed by atoms with Crippen LogP contribution in [0.5, 0.6) is 0 Å². The lowest BCUT2D eigenvalue weighted by molar-refractivity contribution is 0.976. The summed E-state index contributed by atoms with van der Waals surface area (Å²) in [6, 6.07) is 7.88. The molecule has 0 aliphatic heterocycles. The van der Waals surface area contributed by atoms with Crippen molar-refractivity contribution in [3.05, 3.63) is 51.3 Å². The summed E-state index contributed by atoms with van der Waals surface area (Å²) in [5.41, 5.74) is 1.21. The lowest BCUT2D eigenvalue weighted by Gasteiger charge is -2.08. The average molecular weight is 327 g/mol. The van der Waals surface area contributed by atoms with Crippen LogP contribution >= 0.6 is 27.5 Å². The first-order chi connectivity index (χ1) is 8.65. The Labute approximate surface area is 120 Å². The van der Waals surface area contributed by atoms with Crippen molar-refractivity contribution >= 4 is 33.3 Å². The Morgan fingerprint density at radius 3 is 3.00 bits per heavy atom. The van der Waals surface area contributed by atoms with Crippen LogP contribution in [0.1, 0.15) is 11.4 Å². The maximum Gasteiger partial charge on any atom is 0.144 e. The molecule has 0 amide bonds. The highest BCUT2D eigenvalue weighted by Crippen LogP contribution is 2.18. The Kier molecular flexibility index (Phi) is 4.55. The van der Waals surface area contributed by atoms with Crippen LogP contribution in [-0.4, -0.2) is 16.5 Å². The lowest BCUT2D eigenvalue weighted by Crippen LogP contribution is -2.08. The molecule has 5 heteroatoms. The van der Waals surface area contributed by atoms with Crippen LogP contribution in [0, 0.1) is 6.92 Å². The third-order valence-electron chi connectivity index (χ3n) is 2.46. The Hall–Kier alpha value is -1.13. The highest BCUT2D eigenvalue weighted by Gasteiger charge is 2.02. The van der Waals surface area contributed by atoms with Gasteiger partial charge < -0.3 is 5.32 Å². The molecule has 18 heavy (non-hydrogen) atoms. The van der Waals surface area contributed by atoms with E-state index in [-0.39, 0.29) is 0 Å². The van der Waals surface area contributed by atoms with Gasteiger partial charge in [0.15, 0.2) is 0 Å². The predicted octanol–water partition coefficient (Wildman–Crippen LogP) is 3.86. The van der Waals surface area contributed by atoms with E-state index in [9.17, 15) is 0 Å². The molecule has 1 aromatic heterocycles. The van der Waals surface area contributed by atoms with Crippen molar-refractivity contribution in [1.29, 1.82) is 0 Å². The minimum Gasteiger partial charge on any atom is -0.369 e. The van der Waals surface area contributed by atoms with Gasteiger partial charge in [-0.2, -0.15) is 0 Å². The molecule has 0 aliphatic rings. The van der Waals surface area contributed by atoms with Crippen molar-refractivity contribution in [2.75, 3.05) is 11.9 Å². The van der Waals surface area contributed by atoms with E-state index in [1.165, 1.54) is 5.56 Å². The summed E-state index contributed by atoms with van der Waals surface area (Å²) < 4.78 is 0.874. The first-order valence-electron chi connectivity index (χ1n) is 5.62. The number of aryl methyl sites for hydroxylation is 1. The second kappa shape index (κ2) is 6.16. The normalized spacial score (nSPS) is 10.4. The fourth-order valence-corrected chi connectivity index (χ4v) is 2.14. The van der Waals surface area contributed by atoms with E-state index < -0.39 is 0 Å². The van der Waals surface area contributed by atoms with E-state index in [0.29, 0.717) is 0 Å². The Bertz CT molecular complexity index is 546. The van der Waals surface area contributed by atoms with Gasteiger partial charge in [-0.25, -0.2) is 9.97 Å². The van der Waals surface area contributed by atoms with Gasteiger partial charge in [0, 0.05) is 17.8 Å². The van der Waals surface area contributed by atoms with E-state index in [2.05, 4.69) is 37.3 Å². The molecule has 94 valence electrons. The molecule has 0 unspecified atom stereocenters. The van der Waals surface area contributed by atoms with Gasteiger partial charge in [0.1, 0.15) is 11.6 Å². The van der Waals surface area contributed by atoms with E-state index >= 15 is 0 Å². The number of halogens is 2. The van der Waals surface area contributed by atoms with Gasteiger partial charge in [0.2, 0.25) is 0 Å². The summed E-state index contributed by atoms with van der Waals surface area (Å²) in [5.74, 6) is 1.58. The zero-order valence-electron chi connectivity index (χ0n) is 9.95. The van der Waals surface area contributed by atoms with E-state index in [1.54, 1.807) is 6.20 Å². The average Bonchev–Trinajstić information content (AvgIpc) is 2.34. The van der Waals surface area contributed by atoms with Crippen LogP contribution in [0.4, 0.5) is 5.82 Å². The van der Waals surface area contributed by atoms with Gasteiger partial charge in [-0.05, 0) is 47.0 Å². The van der Waals surface area contributed by atoms with Crippen molar-refractivity contribution in [3.8, 4) is 0 Å². The van der Waals surface area contributed by atoms with Crippen molar-refractivity contribution in [2.45, 2.75) is 13.3 Å². The monoisotopic (exact) mass is 325 g/mol. The topological polar surface area (TPSA) is 37.8 Å². The maximum atomic E-state index is 5.94. The molecule has 0 bridgehead atoms. The van der Waals surface area contributed by atoms with Crippen LogP contribution in [0.15, 0.2) is 34.9 Å². The number of benzene rings is 1. The molecule has 1 aromatic carbocycles. The molecule has 3 nitrogen and oxygen atoms in total. The van der Waals surface area contributed by atoms with Gasteiger partial charge in [0.05, 0.1) is 4.47 Å². The van der Waals surface area contributed by atoms with Gasteiger partial charge in [-0.3, -0.25) is 0 Å². The number of nitrogens with one attached hydrogen (secondary N) is 1. The van der Waals surface area contributed by atoms with Crippen LogP contribution in [0.3, 0.4) is 0 Å². The quantitative estimate of drug-likeness (QED) is 0.927. The van der Waals surface area contributed by atoms with Gasteiger partial charge in [-0.1, -0.05) is 23.7 Å². The summed E-state index contributed by atoms with van der Waals surface area (Å²) in [6.07, 6.45) is 2.65. The SMILES string of the molecule is Cc1ncc(Br)c(NCCc2cccc(Cl)c2)n1. The minimum atomic E-state index is 0.753. The van der Waals surface area contributed by atoms with Crippen LogP contribution in [-0.2, 0) is 6.42 Å². The lowest BCUT2D eigenvalue weighted by atomic mass is 10.1. The highest BCUT2D eigenvalue weighted by atomic mass is 79.9. The van der Waals surface area contributed by atoms with Gasteiger partial charge >= 0.3 is 0 Å². The molecule has 2 rings (SSSR count). The third kappa shape index (κ3) is 3.68. The molecule has 1 N–H and O–H groups in total. The molecule has 0 atom stereocenters. The van der Waals surface area contributed by atoms with E-state index in [1.807, 2.05) is 25.1 Å². The molecule has 0 spiro atoms. The summed E-state index contributed by atoms with van der Waals surface area (Å²) >= 11 is 9.36. The highest BCUT2D eigenvalue weighted by molar-refractivity contribution is 9.10. The van der Waals surface area contributed by atoms with Crippen molar-refractivity contribution in [2.24, 2.45) is 0 Å². The summed E-state index contributed by atoms with van der Waals surface area (Å²) in [4.78, 5) is 8.43. The van der Waals surface area contributed by atoms with E-state index in [0.717, 1.165) is 34.1 Å². The third-order valence-corrected chi connectivity index (χ3v) is 3.28. The summed E-state index contributed by atoms with van der Waals surface area (Å²) in [5, 5.41) is 4.05. The molecule has 0 fully saturated rings. The van der Waals surface area contributed by atoms with Gasteiger partial charge in [-0.15, -0.1) is 0 Å². The minimum absolute atomic E-state index is 0.753. The largest absolute Gasteiger partial charge is 0.369 e. The number of nitrogens with zero attached hydrogens (tertiary/aromatic N) is 2. The molecule has 0 radical (unpaired) electrons. The molecule has 0 saturated carbocycles. The second-order valence-corrected chi connectivity index (χ2v) is 5.21. The zero-order valence-corrected chi connectivity index (χ0v) is 12.3. The second-order valence-electron chi connectivity index (χ2n) is 3.92. The zero-order chi connectivity index (χ0) is 13.0. The fourth-order valence-electron chi connectivity index (χ4n) is 1.60. The Morgan fingerprint density at radius 1 is 1.39 bits per heavy atom. The standard InChI is InChI=1S/C13H13BrClN3/c1-9-17-8-12(14)13(18-9)16-6-5-10-3-2-4-11(15)7-10/h2-4,7-8H,5-6H2,1H3,(H,16,17,18). The number of hydrogen-bond acceptors (Lipinski definition) is 3. The van der Waals surface area contributed by atoms with Gasteiger partial charge in [0.25, 0.3) is 0 Å². The number of rotatable bonds is 4. The molecule has 0 saturated heterocycles. The first kappa shape index (κ1) is 13.3. The van der Waals surface area contributed by atoms with E-state index in [4.69, 9.17) is 11.6 Å². The summed E-state index contributed by atoms with van der Waals surface area (Å²) in [7, 11) is 0. The number of anilines is 1. The molecule has 2 aromatic rings.